The highest BCUT2D eigenvalue weighted by Gasteiger charge is 1.92. The summed E-state index contributed by atoms with van der Waals surface area (Å²) in [5.41, 5.74) is 1.33. The lowest BCUT2D eigenvalue weighted by atomic mass is 10.1. The van der Waals surface area contributed by atoms with Crippen LogP contribution in [0.5, 0.6) is 0 Å². The van der Waals surface area contributed by atoms with E-state index < -0.39 is 0 Å². The van der Waals surface area contributed by atoms with Gasteiger partial charge in [0.15, 0.2) is 0 Å². The largest absolute Gasteiger partial charge is 0.317 e. The zero-order valence-electron chi connectivity index (χ0n) is 10.2. The molecule has 2 N–H and O–H groups in total. The van der Waals surface area contributed by atoms with Gasteiger partial charge in [-0.05, 0) is 57.1 Å². The van der Waals surface area contributed by atoms with Gasteiger partial charge in [0.2, 0.25) is 0 Å². The van der Waals surface area contributed by atoms with Crippen molar-refractivity contribution in [3.63, 3.8) is 0 Å². The van der Waals surface area contributed by atoms with Gasteiger partial charge in [-0.25, -0.2) is 0 Å². The molecule has 0 fully saturated rings. The van der Waals surface area contributed by atoms with Crippen molar-refractivity contribution in [2.45, 2.75) is 26.2 Å². The SMILES string of the molecule is CCNCCCNCCCc1cccnc1. The maximum absolute atomic E-state index is 4.10. The van der Waals surface area contributed by atoms with Gasteiger partial charge in [0.1, 0.15) is 0 Å². The monoisotopic (exact) mass is 221 g/mol. The zero-order chi connectivity index (χ0) is 11.5. The third-order valence-electron chi connectivity index (χ3n) is 2.50. The molecule has 90 valence electrons. The first-order valence-electron chi connectivity index (χ1n) is 6.24. The molecule has 0 aromatic carbocycles. The maximum atomic E-state index is 4.10. The van der Waals surface area contributed by atoms with Crippen molar-refractivity contribution in [1.29, 1.82) is 0 Å². The summed E-state index contributed by atoms with van der Waals surface area (Å²) in [7, 11) is 0. The second-order valence-corrected chi connectivity index (χ2v) is 3.92. The Balaban J connectivity index is 1.89. The van der Waals surface area contributed by atoms with Gasteiger partial charge in [-0.2, -0.15) is 0 Å². The fourth-order valence-electron chi connectivity index (χ4n) is 1.60. The number of rotatable bonds is 9. The van der Waals surface area contributed by atoms with Gasteiger partial charge in [0, 0.05) is 12.4 Å². The number of nitrogens with one attached hydrogen (secondary N) is 2. The lowest BCUT2D eigenvalue weighted by Gasteiger charge is -2.05. The number of nitrogens with zero attached hydrogens (tertiary/aromatic N) is 1. The summed E-state index contributed by atoms with van der Waals surface area (Å²) in [6.45, 7) is 6.54. The van der Waals surface area contributed by atoms with Crippen molar-refractivity contribution in [3.8, 4) is 0 Å². The Kier molecular flexibility index (Phi) is 7.64. The van der Waals surface area contributed by atoms with Crippen LogP contribution in [-0.4, -0.2) is 31.2 Å². The van der Waals surface area contributed by atoms with E-state index in [9.17, 15) is 0 Å². The molecule has 3 heteroatoms. The molecule has 0 saturated heterocycles. The third kappa shape index (κ3) is 6.53. The fourth-order valence-corrected chi connectivity index (χ4v) is 1.60. The van der Waals surface area contributed by atoms with Gasteiger partial charge in [-0.1, -0.05) is 13.0 Å². The van der Waals surface area contributed by atoms with E-state index in [0.29, 0.717) is 0 Å². The van der Waals surface area contributed by atoms with Crippen molar-refractivity contribution in [2.24, 2.45) is 0 Å². The Morgan fingerprint density at radius 2 is 1.94 bits per heavy atom. The summed E-state index contributed by atoms with van der Waals surface area (Å²) in [6.07, 6.45) is 7.29. The summed E-state index contributed by atoms with van der Waals surface area (Å²) >= 11 is 0. The number of aryl methyl sites for hydroxylation is 1. The van der Waals surface area contributed by atoms with Crippen LogP contribution in [0.4, 0.5) is 0 Å². The Hall–Kier alpha value is -0.930. The van der Waals surface area contributed by atoms with E-state index >= 15 is 0 Å². The van der Waals surface area contributed by atoms with Crippen molar-refractivity contribution < 1.29 is 0 Å². The molecular weight excluding hydrogens is 198 g/mol. The van der Waals surface area contributed by atoms with Crippen LogP contribution < -0.4 is 10.6 Å². The van der Waals surface area contributed by atoms with Crippen molar-refractivity contribution in [1.82, 2.24) is 15.6 Å². The number of aromatic nitrogens is 1. The quantitative estimate of drug-likeness (QED) is 0.622. The second kappa shape index (κ2) is 9.31. The third-order valence-corrected chi connectivity index (χ3v) is 2.50. The topological polar surface area (TPSA) is 37.0 Å². The van der Waals surface area contributed by atoms with E-state index in [1.807, 2.05) is 18.5 Å². The second-order valence-electron chi connectivity index (χ2n) is 3.92. The highest BCUT2D eigenvalue weighted by atomic mass is 14.9. The van der Waals surface area contributed by atoms with Gasteiger partial charge < -0.3 is 10.6 Å². The smallest absolute Gasteiger partial charge is 0.0299 e. The standard InChI is InChI=1S/C13H23N3/c1-2-14-10-5-11-15-8-3-6-13-7-4-9-16-12-13/h4,7,9,12,14-15H,2-3,5-6,8,10-11H2,1H3. The Bertz CT molecular complexity index is 249. The van der Waals surface area contributed by atoms with E-state index in [1.54, 1.807) is 0 Å². The number of pyridine rings is 1. The highest BCUT2D eigenvalue weighted by Crippen LogP contribution is 1.98. The lowest BCUT2D eigenvalue weighted by molar-refractivity contribution is 0.592. The van der Waals surface area contributed by atoms with E-state index in [-0.39, 0.29) is 0 Å². The highest BCUT2D eigenvalue weighted by molar-refractivity contribution is 5.08. The molecule has 1 rings (SSSR count). The van der Waals surface area contributed by atoms with Crippen LogP contribution in [0.25, 0.3) is 0 Å². The van der Waals surface area contributed by atoms with Crippen LogP contribution >= 0.6 is 0 Å². The number of hydrogen-bond acceptors (Lipinski definition) is 3. The Labute approximate surface area is 98.7 Å². The van der Waals surface area contributed by atoms with E-state index in [1.165, 1.54) is 18.4 Å². The van der Waals surface area contributed by atoms with Gasteiger partial charge in [-0.3, -0.25) is 4.98 Å². The van der Waals surface area contributed by atoms with Gasteiger partial charge in [0.25, 0.3) is 0 Å². The lowest BCUT2D eigenvalue weighted by Crippen LogP contribution is -2.22. The average Bonchev–Trinajstić information content (AvgIpc) is 2.34. The molecule has 3 nitrogen and oxygen atoms in total. The summed E-state index contributed by atoms with van der Waals surface area (Å²) in [5.74, 6) is 0. The fraction of sp³-hybridized carbons (Fsp3) is 0.615. The van der Waals surface area contributed by atoms with Crippen LogP contribution in [0.15, 0.2) is 24.5 Å². The molecule has 0 aliphatic heterocycles. The molecule has 0 aliphatic carbocycles. The summed E-state index contributed by atoms with van der Waals surface area (Å²) in [6, 6.07) is 4.14. The van der Waals surface area contributed by atoms with E-state index in [2.05, 4.69) is 28.6 Å². The molecule has 0 unspecified atom stereocenters. The van der Waals surface area contributed by atoms with Crippen LogP contribution in [0.1, 0.15) is 25.3 Å². The van der Waals surface area contributed by atoms with E-state index in [0.717, 1.165) is 32.6 Å². The summed E-state index contributed by atoms with van der Waals surface area (Å²) in [5, 5.41) is 6.77. The molecule has 1 aromatic heterocycles. The van der Waals surface area contributed by atoms with Crippen molar-refractivity contribution in [3.05, 3.63) is 30.1 Å². The molecule has 0 aliphatic rings. The maximum Gasteiger partial charge on any atom is 0.0299 e. The molecule has 0 spiro atoms. The molecule has 0 atom stereocenters. The van der Waals surface area contributed by atoms with Gasteiger partial charge in [0.05, 0.1) is 0 Å². The molecule has 1 heterocycles. The predicted molar refractivity (Wildman–Crippen MR) is 68.6 cm³/mol. The van der Waals surface area contributed by atoms with E-state index in [4.69, 9.17) is 0 Å². The average molecular weight is 221 g/mol. The van der Waals surface area contributed by atoms with Crippen LogP contribution in [0.2, 0.25) is 0 Å². The first-order chi connectivity index (χ1) is 7.93. The van der Waals surface area contributed by atoms with Gasteiger partial charge >= 0.3 is 0 Å². The number of hydrogen-bond donors (Lipinski definition) is 2. The normalized spacial score (nSPS) is 10.6. The minimum Gasteiger partial charge on any atom is -0.317 e. The first-order valence-corrected chi connectivity index (χ1v) is 6.24. The Morgan fingerprint density at radius 3 is 2.69 bits per heavy atom. The minimum atomic E-state index is 1.07. The zero-order valence-corrected chi connectivity index (χ0v) is 10.2. The molecule has 1 aromatic rings. The molecule has 0 radical (unpaired) electrons. The van der Waals surface area contributed by atoms with Crippen LogP contribution in [0, 0.1) is 0 Å². The van der Waals surface area contributed by atoms with Gasteiger partial charge in [-0.15, -0.1) is 0 Å². The molecule has 16 heavy (non-hydrogen) atoms. The predicted octanol–water partition coefficient (Wildman–Crippen LogP) is 1.60. The van der Waals surface area contributed by atoms with Crippen LogP contribution in [0.3, 0.4) is 0 Å². The minimum absolute atomic E-state index is 1.07. The summed E-state index contributed by atoms with van der Waals surface area (Å²) < 4.78 is 0. The molecule has 0 saturated carbocycles. The molecule has 0 amide bonds. The van der Waals surface area contributed by atoms with Crippen LogP contribution in [-0.2, 0) is 6.42 Å². The van der Waals surface area contributed by atoms with Crippen molar-refractivity contribution in [2.75, 3.05) is 26.2 Å². The van der Waals surface area contributed by atoms with Crippen molar-refractivity contribution >= 4 is 0 Å². The summed E-state index contributed by atoms with van der Waals surface area (Å²) in [4.78, 5) is 4.10. The molecule has 0 bridgehead atoms. The Morgan fingerprint density at radius 1 is 1.12 bits per heavy atom. The first kappa shape index (κ1) is 13.1. The molecular formula is C13H23N3.